The molecule has 1 aromatic rings. The standard InChI is InChI=1S/C13H19N3O2/c1-18-12-3-2-6-15-13(12)11(17)9-16-7-4-10(14)5-8-16/h2-3,6,10H,4-5,7-9,14H2,1H3. The van der Waals surface area contributed by atoms with Crippen molar-refractivity contribution in [2.24, 2.45) is 5.73 Å². The average Bonchev–Trinajstić information content (AvgIpc) is 2.41. The molecule has 0 spiro atoms. The minimum Gasteiger partial charge on any atom is -0.494 e. The fourth-order valence-electron chi connectivity index (χ4n) is 2.15. The lowest BCUT2D eigenvalue weighted by Crippen LogP contribution is -2.42. The number of hydrogen-bond acceptors (Lipinski definition) is 5. The Kier molecular flexibility index (Phi) is 4.28. The summed E-state index contributed by atoms with van der Waals surface area (Å²) in [7, 11) is 1.55. The summed E-state index contributed by atoms with van der Waals surface area (Å²) in [6, 6.07) is 3.79. The van der Waals surface area contributed by atoms with Gasteiger partial charge in [-0.05, 0) is 25.0 Å². The molecule has 2 rings (SSSR count). The molecule has 1 aliphatic rings. The van der Waals surface area contributed by atoms with Gasteiger partial charge in [0, 0.05) is 25.3 Å². The Morgan fingerprint density at radius 2 is 2.28 bits per heavy atom. The highest BCUT2D eigenvalue weighted by Gasteiger charge is 2.21. The zero-order chi connectivity index (χ0) is 13.0. The number of carbonyl (C=O) groups excluding carboxylic acids is 1. The van der Waals surface area contributed by atoms with Crippen molar-refractivity contribution in [2.75, 3.05) is 26.7 Å². The van der Waals surface area contributed by atoms with E-state index in [9.17, 15) is 4.79 Å². The molecule has 0 bridgehead atoms. The molecule has 1 saturated heterocycles. The monoisotopic (exact) mass is 249 g/mol. The van der Waals surface area contributed by atoms with Crippen molar-refractivity contribution in [2.45, 2.75) is 18.9 Å². The Hall–Kier alpha value is -1.46. The number of likely N-dealkylation sites (tertiary alicyclic amines) is 1. The van der Waals surface area contributed by atoms with Crippen LogP contribution in [0.3, 0.4) is 0 Å². The van der Waals surface area contributed by atoms with Gasteiger partial charge in [-0.25, -0.2) is 4.98 Å². The van der Waals surface area contributed by atoms with Crippen molar-refractivity contribution in [3.8, 4) is 5.75 Å². The number of ketones is 1. The van der Waals surface area contributed by atoms with Crippen molar-refractivity contribution in [1.29, 1.82) is 0 Å². The van der Waals surface area contributed by atoms with E-state index in [2.05, 4.69) is 9.88 Å². The third-order valence-electron chi connectivity index (χ3n) is 3.25. The summed E-state index contributed by atoms with van der Waals surface area (Å²) in [6.45, 7) is 2.14. The predicted octanol–water partition coefficient (Wildman–Crippen LogP) is 0.696. The molecule has 2 heterocycles. The first-order valence-corrected chi connectivity index (χ1v) is 6.21. The van der Waals surface area contributed by atoms with E-state index in [1.165, 1.54) is 0 Å². The summed E-state index contributed by atoms with van der Waals surface area (Å²) in [5.41, 5.74) is 6.25. The van der Waals surface area contributed by atoms with Gasteiger partial charge in [0.25, 0.3) is 0 Å². The largest absolute Gasteiger partial charge is 0.494 e. The van der Waals surface area contributed by atoms with Gasteiger partial charge in [0.05, 0.1) is 13.7 Å². The van der Waals surface area contributed by atoms with Crippen LogP contribution in [-0.2, 0) is 0 Å². The molecule has 0 amide bonds. The smallest absolute Gasteiger partial charge is 0.198 e. The molecule has 18 heavy (non-hydrogen) atoms. The lowest BCUT2D eigenvalue weighted by molar-refractivity contribution is 0.0901. The molecule has 0 radical (unpaired) electrons. The summed E-state index contributed by atoms with van der Waals surface area (Å²) < 4.78 is 5.15. The first-order chi connectivity index (χ1) is 8.70. The van der Waals surface area contributed by atoms with Crippen molar-refractivity contribution in [3.05, 3.63) is 24.0 Å². The summed E-state index contributed by atoms with van der Waals surface area (Å²) >= 11 is 0. The highest BCUT2D eigenvalue weighted by atomic mass is 16.5. The van der Waals surface area contributed by atoms with Gasteiger partial charge in [-0.3, -0.25) is 9.69 Å². The van der Waals surface area contributed by atoms with Gasteiger partial charge in [0.15, 0.2) is 5.78 Å². The SMILES string of the molecule is COc1cccnc1C(=O)CN1CCC(N)CC1. The van der Waals surface area contributed by atoms with E-state index in [4.69, 9.17) is 10.5 Å². The number of rotatable bonds is 4. The number of methoxy groups -OCH3 is 1. The van der Waals surface area contributed by atoms with E-state index in [0.29, 0.717) is 18.0 Å². The average molecular weight is 249 g/mol. The molecule has 0 unspecified atom stereocenters. The van der Waals surface area contributed by atoms with E-state index >= 15 is 0 Å². The molecule has 1 aliphatic heterocycles. The van der Waals surface area contributed by atoms with Crippen LogP contribution in [0.5, 0.6) is 5.75 Å². The topological polar surface area (TPSA) is 68.5 Å². The Morgan fingerprint density at radius 3 is 2.94 bits per heavy atom. The lowest BCUT2D eigenvalue weighted by atomic mass is 10.1. The van der Waals surface area contributed by atoms with Crippen LogP contribution in [0.4, 0.5) is 0 Å². The molecule has 0 aliphatic carbocycles. The van der Waals surface area contributed by atoms with Crippen LogP contribution in [-0.4, -0.2) is 48.5 Å². The quantitative estimate of drug-likeness (QED) is 0.795. The maximum Gasteiger partial charge on any atom is 0.198 e. The summed E-state index contributed by atoms with van der Waals surface area (Å²) in [5.74, 6) is 0.541. The molecular formula is C13H19N3O2. The van der Waals surface area contributed by atoms with Gasteiger partial charge in [0.1, 0.15) is 11.4 Å². The van der Waals surface area contributed by atoms with Crippen LogP contribution in [0.15, 0.2) is 18.3 Å². The zero-order valence-electron chi connectivity index (χ0n) is 10.6. The second-order valence-corrected chi connectivity index (χ2v) is 4.59. The fraction of sp³-hybridized carbons (Fsp3) is 0.538. The number of ether oxygens (including phenoxy) is 1. The van der Waals surface area contributed by atoms with E-state index in [0.717, 1.165) is 25.9 Å². The minimum absolute atomic E-state index is 0.00271. The number of hydrogen-bond donors (Lipinski definition) is 1. The third-order valence-corrected chi connectivity index (χ3v) is 3.25. The lowest BCUT2D eigenvalue weighted by Gasteiger charge is -2.29. The fourth-order valence-corrected chi connectivity index (χ4v) is 2.15. The van der Waals surface area contributed by atoms with Gasteiger partial charge in [-0.2, -0.15) is 0 Å². The van der Waals surface area contributed by atoms with Gasteiger partial charge < -0.3 is 10.5 Å². The van der Waals surface area contributed by atoms with E-state index in [1.807, 2.05) is 0 Å². The molecule has 0 aromatic carbocycles. The molecular weight excluding hydrogens is 230 g/mol. The van der Waals surface area contributed by atoms with Crippen molar-refractivity contribution < 1.29 is 9.53 Å². The van der Waals surface area contributed by atoms with Crippen LogP contribution >= 0.6 is 0 Å². The number of nitrogens with two attached hydrogens (primary N) is 1. The second kappa shape index (κ2) is 5.93. The Morgan fingerprint density at radius 1 is 1.56 bits per heavy atom. The molecule has 5 heteroatoms. The number of pyridine rings is 1. The Balaban J connectivity index is 1.99. The molecule has 1 aromatic heterocycles. The van der Waals surface area contributed by atoms with E-state index < -0.39 is 0 Å². The second-order valence-electron chi connectivity index (χ2n) is 4.59. The predicted molar refractivity (Wildman–Crippen MR) is 68.8 cm³/mol. The molecule has 5 nitrogen and oxygen atoms in total. The number of carbonyl (C=O) groups is 1. The normalized spacial score (nSPS) is 17.7. The number of piperidine rings is 1. The summed E-state index contributed by atoms with van der Waals surface area (Å²) in [5, 5.41) is 0. The van der Waals surface area contributed by atoms with Crippen LogP contribution in [0.2, 0.25) is 0 Å². The van der Waals surface area contributed by atoms with Crippen molar-refractivity contribution >= 4 is 5.78 Å². The number of nitrogens with zero attached hydrogens (tertiary/aromatic N) is 2. The highest BCUT2D eigenvalue weighted by Crippen LogP contribution is 2.16. The molecule has 0 saturated carbocycles. The summed E-state index contributed by atoms with van der Waals surface area (Å²) in [6.07, 6.45) is 3.52. The Bertz CT molecular complexity index is 414. The van der Waals surface area contributed by atoms with Crippen LogP contribution in [0.25, 0.3) is 0 Å². The number of Topliss-reactive ketones (excluding diaryl/α,β-unsaturated/α-hetero) is 1. The Labute approximate surface area is 107 Å². The van der Waals surface area contributed by atoms with Gasteiger partial charge in [-0.1, -0.05) is 0 Å². The summed E-state index contributed by atoms with van der Waals surface area (Å²) in [4.78, 5) is 18.4. The number of aromatic nitrogens is 1. The van der Waals surface area contributed by atoms with Crippen LogP contribution in [0.1, 0.15) is 23.3 Å². The first kappa shape index (κ1) is 13.0. The van der Waals surface area contributed by atoms with Gasteiger partial charge >= 0.3 is 0 Å². The van der Waals surface area contributed by atoms with Crippen molar-refractivity contribution in [1.82, 2.24) is 9.88 Å². The maximum atomic E-state index is 12.2. The maximum absolute atomic E-state index is 12.2. The van der Waals surface area contributed by atoms with Crippen LogP contribution < -0.4 is 10.5 Å². The highest BCUT2D eigenvalue weighted by molar-refractivity contribution is 5.98. The molecule has 98 valence electrons. The van der Waals surface area contributed by atoms with E-state index in [-0.39, 0.29) is 11.8 Å². The first-order valence-electron chi connectivity index (χ1n) is 6.21. The van der Waals surface area contributed by atoms with Crippen molar-refractivity contribution in [3.63, 3.8) is 0 Å². The molecule has 1 fully saturated rings. The van der Waals surface area contributed by atoms with E-state index in [1.54, 1.807) is 25.4 Å². The zero-order valence-corrected chi connectivity index (χ0v) is 10.6. The minimum atomic E-state index is 0.00271. The van der Waals surface area contributed by atoms with Crippen LogP contribution in [0, 0.1) is 0 Å². The molecule has 0 atom stereocenters. The van der Waals surface area contributed by atoms with Gasteiger partial charge in [-0.15, -0.1) is 0 Å². The third kappa shape index (κ3) is 3.05. The van der Waals surface area contributed by atoms with Gasteiger partial charge in [0.2, 0.25) is 0 Å². The molecule has 2 N–H and O–H groups in total.